The predicted molar refractivity (Wildman–Crippen MR) is 132 cm³/mol. The normalized spacial score (nSPS) is 21.4. The summed E-state index contributed by atoms with van der Waals surface area (Å²) in [5.74, 6) is 0.0557. The molecule has 2 atom stereocenters. The quantitative estimate of drug-likeness (QED) is 0.506. The van der Waals surface area contributed by atoms with E-state index in [1.807, 2.05) is 37.3 Å². The summed E-state index contributed by atoms with van der Waals surface area (Å²) in [5, 5.41) is 18.6. The zero-order chi connectivity index (χ0) is 26.2. The molecule has 1 saturated heterocycles. The molecule has 2 fully saturated rings. The van der Waals surface area contributed by atoms with Crippen LogP contribution in [0.15, 0.2) is 48.5 Å². The van der Waals surface area contributed by atoms with Crippen molar-refractivity contribution < 1.29 is 34.1 Å². The highest BCUT2D eigenvalue weighted by Gasteiger charge is 2.58. The van der Waals surface area contributed by atoms with Crippen LogP contribution in [0, 0.1) is 5.92 Å². The van der Waals surface area contributed by atoms with E-state index in [4.69, 9.17) is 9.47 Å². The van der Waals surface area contributed by atoms with Crippen molar-refractivity contribution in [2.24, 2.45) is 5.92 Å². The van der Waals surface area contributed by atoms with E-state index in [2.05, 4.69) is 0 Å². The minimum absolute atomic E-state index is 0.00249. The summed E-state index contributed by atoms with van der Waals surface area (Å²) in [6, 6.07) is 14.7. The Bertz CT molecular complexity index is 1180. The van der Waals surface area contributed by atoms with Gasteiger partial charge >= 0.3 is 6.09 Å². The number of aliphatic hydroxyl groups is 2. The lowest BCUT2D eigenvalue weighted by Crippen LogP contribution is -2.47. The van der Waals surface area contributed by atoms with Gasteiger partial charge in [-0.2, -0.15) is 0 Å². The maximum atomic E-state index is 13.6. The molecule has 1 aliphatic heterocycles. The average molecular weight is 509 g/mol. The third-order valence-electron chi connectivity index (χ3n) is 7.65. The molecule has 0 bridgehead atoms. The maximum Gasteiger partial charge on any atom is 0.418 e. The van der Waals surface area contributed by atoms with E-state index < -0.39 is 23.7 Å². The highest BCUT2D eigenvalue weighted by Crippen LogP contribution is 2.46. The van der Waals surface area contributed by atoms with E-state index in [1.54, 1.807) is 23.1 Å². The summed E-state index contributed by atoms with van der Waals surface area (Å²) in [7, 11) is 0. The monoisotopic (exact) mass is 508 g/mol. The van der Waals surface area contributed by atoms with E-state index >= 15 is 0 Å². The van der Waals surface area contributed by atoms with Crippen LogP contribution in [-0.4, -0.2) is 69.8 Å². The molecule has 9 nitrogen and oxygen atoms in total. The van der Waals surface area contributed by atoms with Gasteiger partial charge in [-0.25, -0.2) is 9.69 Å². The fourth-order valence-electron chi connectivity index (χ4n) is 5.33. The number of aryl methyl sites for hydroxylation is 1. The van der Waals surface area contributed by atoms with Crippen molar-refractivity contribution >= 4 is 17.9 Å². The second-order valence-electron chi connectivity index (χ2n) is 10.1. The molecular weight excluding hydrogens is 476 g/mol. The molecule has 3 aliphatic rings. The highest BCUT2D eigenvalue weighted by atomic mass is 16.6. The van der Waals surface area contributed by atoms with Gasteiger partial charge in [-0.3, -0.25) is 9.59 Å². The summed E-state index contributed by atoms with van der Waals surface area (Å²) in [4.78, 5) is 42.7. The van der Waals surface area contributed by atoms with Crippen LogP contribution in [0.1, 0.15) is 42.9 Å². The van der Waals surface area contributed by atoms with Crippen LogP contribution >= 0.6 is 0 Å². The Morgan fingerprint density at radius 2 is 1.89 bits per heavy atom. The van der Waals surface area contributed by atoms with Crippen molar-refractivity contribution in [1.29, 1.82) is 0 Å². The van der Waals surface area contributed by atoms with E-state index in [1.165, 1.54) is 0 Å². The van der Waals surface area contributed by atoms with Gasteiger partial charge in [0.2, 0.25) is 11.5 Å². The van der Waals surface area contributed by atoms with E-state index in [0.717, 1.165) is 28.9 Å². The summed E-state index contributed by atoms with van der Waals surface area (Å²) in [5.41, 5.74) is 0.896. The van der Waals surface area contributed by atoms with E-state index in [-0.39, 0.29) is 38.1 Å². The van der Waals surface area contributed by atoms with Gasteiger partial charge in [0, 0.05) is 24.6 Å². The molecule has 37 heavy (non-hydrogen) atoms. The molecule has 5 rings (SSSR count). The fourth-order valence-corrected chi connectivity index (χ4v) is 5.33. The topological polar surface area (TPSA) is 117 Å². The summed E-state index contributed by atoms with van der Waals surface area (Å²) >= 11 is 0. The zero-order valence-corrected chi connectivity index (χ0v) is 20.8. The van der Waals surface area contributed by atoms with Crippen molar-refractivity contribution in [2.45, 2.75) is 56.9 Å². The van der Waals surface area contributed by atoms with E-state index in [0.29, 0.717) is 30.2 Å². The molecule has 2 aliphatic carbocycles. The predicted octanol–water partition coefficient (Wildman–Crippen LogP) is 2.37. The van der Waals surface area contributed by atoms with Crippen LogP contribution in [-0.2, 0) is 32.9 Å². The number of fused-ring (bicyclic) bond motifs is 2. The van der Waals surface area contributed by atoms with Gasteiger partial charge in [0.25, 0.3) is 5.91 Å². The van der Waals surface area contributed by atoms with E-state index in [9.17, 15) is 24.6 Å². The van der Waals surface area contributed by atoms with Gasteiger partial charge in [-0.15, -0.1) is 0 Å². The zero-order valence-electron chi connectivity index (χ0n) is 20.8. The third kappa shape index (κ3) is 4.81. The SMILES string of the molecule is C[C@@H](C1CC1)N(Cc1ccccc1)C(=O)CN1C(=O)OC2(CCc3cc(OC(CO)CO)ccc32)C1=O. The van der Waals surface area contributed by atoms with Gasteiger partial charge in [-0.1, -0.05) is 36.4 Å². The number of ether oxygens (including phenoxy) is 2. The summed E-state index contributed by atoms with van der Waals surface area (Å²) < 4.78 is 11.3. The number of hydrogen-bond donors (Lipinski definition) is 2. The second kappa shape index (κ2) is 10.1. The molecule has 1 spiro atoms. The second-order valence-corrected chi connectivity index (χ2v) is 10.1. The number of nitrogens with zero attached hydrogens (tertiary/aromatic N) is 2. The smallest absolute Gasteiger partial charge is 0.418 e. The number of hydrogen-bond acceptors (Lipinski definition) is 7. The van der Waals surface area contributed by atoms with Crippen LogP contribution in [0.2, 0.25) is 0 Å². The molecule has 0 radical (unpaired) electrons. The van der Waals surface area contributed by atoms with Gasteiger partial charge in [0.1, 0.15) is 18.4 Å². The van der Waals surface area contributed by atoms with Crippen molar-refractivity contribution in [3.05, 3.63) is 65.2 Å². The Hall–Kier alpha value is -3.43. The number of benzene rings is 2. The molecule has 196 valence electrons. The molecule has 1 saturated carbocycles. The summed E-state index contributed by atoms with van der Waals surface area (Å²) in [6.07, 6.45) is 1.32. The highest BCUT2D eigenvalue weighted by molar-refractivity contribution is 6.06. The van der Waals surface area contributed by atoms with Crippen molar-refractivity contribution in [1.82, 2.24) is 9.80 Å². The standard InChI is InChI=1S/C28H32N2O7/c1-18(20-7-8-20)29(14-19-5-3-2-4-6-19)25(33)15-30-26(34)28(37-27(30)35)12-11-21-13-22(9-10-24(21)28)36-23(16-31)17-32/h2-6,9-10,13,18,20,23,31-32H,7-8,11-12,14-17H2,1H3/t18-,28?/m0/s1. The molecule has 3 amide bonds. The maximum absolute atomic E-state index is 13.6. The molecule has 0 aromatic heterocycles. The van der Waals surface area contributed by atoms with Gasteiger partial charge < -0.3 is 24.6 Å². The Labute approximate surface area is 215 Å². The average Bonchev–Trinajstić information content (AvgIpc) is 3.66. The molecule has 1 heterocycles. The van der Waals surface area contributed by atoms with Gasteiger partial charge in [-0.05, 0) is 55.4 Å². The number of carbonyl (C=O) groups is 3. The van der Waals surface area contributed by atoms with Crippen LogP contribution < -0.4 is 4.74 Å². The first kappa shape index (κ1) is 25.2. The lowest BCUT2D eigenvalue weighted by Gasteiger charge is -2.30. The lowest BCUT2D eigenvalue weighted by atomic mass is 9.95. The molecule has 2 aromatic carbocycles. The lowest BCUT2D eigenvalue weighted by molar-refractivity contribution is -0.143. The van der Waals surface area contributed by atoms with Crippen molar-refractivity contribution in [2.75, 3.05) is 19.8 Å². The molecular formula is C28H32N2O7. The first-order chi connectivity index (χ1) is 17.9. The van der Waals surface area contributed by atoms with Crippen molar-refractivity contribution in [3.63, 3.8) is 0 Å². The Morgan fingerprint density at radius 1 is 1.16 bits per heavy atom. The Morgan fingerprint density at radius 3 is 2.57 bits per heavy atom. The molecule has 2 aromatic rings. The Balaban J connectivity index is 1.34. The number of carbonyl (C=O) groups excluding carboxylic acids is 3. The van der Waals surface area contributed by atoms with Crippen LogP contribution in [0.5, 0.6) is 5.75 Å². The largest absolute Gasteiger partial charge is 0.486 e. The number of imide groups is 1. The minimum Gasteiger partial charge on any atom is -0.486 e. The summed E-state index contributed by atoms with van der Waals surface area (Å²) in [6.45, 7) is 1.39. The van der Waals surface area contributed by atoms with Crippen LogP contribution in [0.25, 0.3) is 0 Å². The van der Waals surface area contributed by atoms with Crippen molar-refractivity contribution in [3.8, 4) is 5.75 Å². The first-order valence-electron chi connectivity index (χ1n) is 12.8. The van der Waals surface area contributed by atoms with Crippen LogP contribution in [0.3, 0.4) is 0 Å². The Kier molecular flexibility index (Phi) is 6.92. The van der Waals surface area contributed by atoms with Gasteiger partial charge in [0.15, 0.2) is 0 Å². The molecule has 2 N–H and O–H groups in total. The van der Waals surface area contributed by atoms with Gasteiger partial charge in [0.05, 0.1) is 13.2 Å². The fraction of sp³-hybridized carbons (Fsp3) is 0.464. The molecule has 1 unspecified atom stereocenters. The minimum atomic E-state index is -1.45. The van der Waals surface area contributed by atoms with Crippen LogP contribution in [0.4, 0.5) is 4.79 Å². The first-order valence-corrected chi connectivity index (χ1v) is 12.8. The molecule has 9 heteroatoms. The number of aliphatic hydroxyl groups excluding tert-OH is 2. The third-order valence-corrected chi connectivity index (χ3v) is 7.65. The number of rotatable bonds is 10. The number of amides is 3.